The first-order chi connectivity index (χ1) is 10.4. The average molecular weight is 296 g/mol. The summed E-state index contributed by atoms with van der Waals surface area (Å²) < 4.78 is 0. The molecule has 4 aliphatic carbocycles. The molecule has 0 N–H and O–H groups in total. The highest BCUT2D eigenvalue weighted by Gasteiger charge is 2.59. The average Bonchev–Trinajstić information content (AvgIpc) is 2.77. The number of hydrogen-bond donors (Lipinski definition) is 0. The zero-order chi connectivity index (χ0) is 15.7. The molecule has 5 atom stereocenters. The molecule has 3 fully saturated rings. The van der Waals surface area contributed by atoms with Gasteiger partial charge < -0.3 is 0 Å². The summed E-state index contributed by atoms with van der Waals surface area (Å²) in [5.74, 6) is 2.14. The third-order valence-electron chi connectivity index (χ3n) is 7.24. The molecule has 0 unspecified atom stereocenters. The van der Waals surface area contributed by atoms with Crippen molar-refractivity contribution in [3.63, 3.8) is 0 Å². The van der Waals surface area contributed by atoms with Crippen LogP contribution in [-0.2, 0) is 9.59 Å². The van der Waals surface area contributed by atoms with Crippen LogP contribution >= 0.6 is 0 Å². The first-order valence-corrected chi connectivity index (χ1v) is 8.53. The Bertz CT molecular complexity index is 653. The van der Waals surface area contributed by atoms with Gasteiger partial charge in [-0.3, -0.25) is 9.59 Å². The number of hydrogen-bond acceptors (Lipinski definition) is 2. The molecule has 0 spiro atoms. The maximum Gasteiger partial charge on any atom is 0.178 e. The van der Waals surface area contributed by atoms with Gasteiger partial charge in [0, 0.05) is 17.3 Å². The normalized spacial score (nSPS) is 46.9. The fourth-order valence-electron chi connectivity index (χ4n) is 5.98. The van der Waals surface area contributed by atoms with E-state index in [9.17, 15) is 9.59 Å². The molecule has 22 heavy (non-hydrogen) atoms. The summed E-state index contributed by atoms with van der Waals surface area (Å²) in [6, 6.07) is 0. The Morgan fingerprint density at radius 2 is 1.95 bits per heavy atom. The largest absolute Gasteiger partial charge is 0.299 e. The van der Waals surface area contributed by atoms with Crippen LogP contribution in [0.25, 0.3) is 0 Å². The summed E-state index contributed by atoms with van der Waals surface area (Å²) in [5.41, 5.74) is 2.09. The highest BCUT2D eigenvalue weighted by molar-refractivity contribution is 6.02. The Labute approximate surface area is 132 Å². The molecule has 0 amide bonds. The van der Waals surface area contributed by atoms with Crippen LogP contribution in [0.5, 0.6) is 0 Å². The molecule has 0 aromatic heterocycles. The zero-order valence-corrected chi connectivity index (χ0v) is 13.5. The minimum absolute atomic E-state index is 0.0686. The van der Waals surface area contributed by atoms with Crippen LogP contribution in [0, 0.1) is 28.6 Å². The molecule has 116 valence electrons. The van der Waals surface area contributed by atoms with Gasteiger partial charge in [-0.15, -0.1) is 0 Å². The lowest BCUT2D eigenvalue weighted by Crippen LogP contribution is -2.50. The fraction of sp³-hybridized carbons (Fsp3) is 0.600. The summed E-state index contributed by atoms with van der Waals surface area (Å²) >= 11 is 0. The number of ketones is 2. The van der Waals surface area contributed by atoms with Gasteiger partial charge in [-0.25, -0.2) is 0 Å². The molecule has 0 saturated heterocycles. The summed E-state index contributed by atoms with van der Waals surface area (Å²) in [4.78, 5) is 24.2. The van der Waals surface area contributed by atoms with Crippen molar-refractivity contribution in [2.24, 2.45) is 28.6 Å². The lowest BCUT2D eigenvalue weighted by molar-refractivity contribution is -0.131. The Balaban J connectivity index is 1.78. The number of Topliss-reactive ketones (excluding diaryl/α,β-unsaturated/α-hetero) is 1. The van der Waals surface area contributed by atoms with Gasteiger partial charge in [0.15, 0.2) is 5.78 Å². The SMILES string of the molecule is C=C1C[C@H]2[C@@H]3CCC(=O)[C@]3(C)CC[C@@H]2[C@]2(C)C=CC(=O)C=C12. The molecule has 4 aliphatic rings. The fourth-order valence-corrected chi connectivity index (χ4v) is 5.98. The number of rotatable bonds is 0. The van der Waals surface area contributed by atoms with E-state index in [0.29, 0.717) is 23.5 Å². The van der Waals surface area contributed by atoms with E-state index in [0.717, 1.165) is 43.3 Å². The van der Waals surface area contributed by atoms with Crippen LogP contribution in [0.1, 0.15) is 46.0 Å². The molecular formula is C20H24O2. The van der Waals surface area contributed by atoms with Crippen molar-refractivity contribution in [1.29, 1.82) is 0 Å². The molecule has 2 nitrogen and oxygen atoms in total. The molecule has 0 aromatic rings. The Hall–Kier alpha value is -1.44. The molecule has 0 radical (unpaired) electrons. The topological polar surface area (TPSA) is 34.1 Å². The number of fused-ring (bicyclic) bond motifs is 5. The smallest absolute Gasteiger partial charge is 0.178 e. The Kier molecular flexibility index (Phi) is 2.77. The van der Waals surface area contributed by atoms with Crippen molar-refractivity contribution in [2.45, 2.75) is 46.0 Å². The molecule has 2 heteroatoms. The van der Waals surface area contributed by atoms with Crippen LogP contribution in [0.15, 0.2) is 36.0 Å². The molecular weight excluding hydrogens is 272 g/mol. The van der Waals surface area contributed by atoms with Gasteiger partial charge in [0.1, 0.15) is 5.78 Å². The van der Waals surface area contributed by atoms with Crippen molar-refractivity contribution in [3.8, 4) is 0 Å². The maximum absolute atomic E-state index is 12.4. The first-order valence-electron chi connectivity index (χ1n) is 8.53. The molecule has 0 aliphatic heterocycles. The molecule has 0 heterocycles. The quantitative estimate of drug-likeness (QED) is 0.676. The lowest BCUT2D eigenvalue weighted by Gasteiger charge is -2.56. The Morgan fingerprint density at radius 3 is 2.73 bits per heavy atom. The summed E-state index contributed by atoms with van der Waals surface area (Å²) in [7, 11) is 0. The van der Waals surface area contributed by atoms with Gasteiger partial charge in [-0.2, -0.15) is 0 Å². The second-order valence-corrected chi connectivity index (χ2v) is 8.18. The van der Waals surface area contributed by atoms with Gasteiger partial charge in [-0.1, -0.05) is 32.1 Å². The molecule has 4 rings (SSSR count). The summed E-state index contributed by atoms with van der Waals surface area (Å²) in [6.45, 7) is 8.75. The van der Waals surface area contributed by atoms with E-state index in [1.54, 1.807) is 12.2 Å². The molecule has 3 saturated carbocycles. The van der Waals surface area contributed by atoms with Crippen molar-refractivity contribution in [1.82, 2.24) is 0 Å². The van der Waals surface area contributed by atoms with E-state index in [1.807, 2.05) is 0 Å². The van der Waals surface area contributed by atoms with Crippen LogP contribution in [-0.4, -0.2) is 11.6 Å². The van der Waals surface area contributed by atoms with E-state index >= 15 is 0 Å². The number of carbonyl (C=O) groups is 2. The van der Waals surface area contributed by atoms with Gasteiger partial charge in [0.05, 0.1) is 0 Å². The minimum atomic E-state index is -0.104. The van der Waals surface area contributed by atoms with Crippen LogP contribution < -0.4 is 0 Å². The van der Waals surface area contributed by atoms with Gasteiger partial charge in [-0.05, 0) is 61.2 Å². The minimum Gasteiger partial charge on any atom is -0.299 e. The highest BCUT2D eigenvalue weighted by atomic mass is 16.1. The molecule has 0 aromatic carbocycles. The second-order valence-electron chi connectivity index (χ2n) is 8.18. The van der Waals surface area contributed by atoms with E-state index in [4.69, 9.17) is 0 Å². The highest BCUT2D eigenvalue weighted by Crippen LogP contribution is 2.64. The second kappa shape index (κ2) is 4.31. The maximum atomic E-state index is 12.4. The van der Waals surface area contributed by atoms with E-state index < -0.39 is 0 Å². The zero-order valence-electron chi connectivity index (χ0n) is 13.5. The summed E-state index contributed by atoms with van der Waals surface area (Å²) in [5, 5.41) is 0. The monoisotopic (exact) mass is 296 g/mol. The van der Waals surface area contributed by atoms with Crippen molar-refractivity contribution >= 4 is 11.6 Å². The third kappa shape index (κ3) is 1.61. The van der Waals surface area contributed by atoms with Gasteiger partial charge >= 0.3 is 0 Å². The van der Waals surface area contributed by atoms with Crippen LogP contribution in [0.3, 0.4) is 0 Å². The summed E-state index contributed by atoms with van der Waals surface area (Å²) in [6.07, 6.45) is 10.5. The van der Waals surface area contributed by atoms with Crippen LogP contribution in [0.4, 0.5) is 0 Å². The van der Waals surface area contributed by atoms with E-state index in [2.05, 4.69) is 26.5 Å². The van der Waals surface area contributed by atoms with Crippen LogP contribution in [0.2, 0.25) is 0 Å². The molecule has 0 bridgehead atoms. The Morgan fingerprint density at radius 1 is 1.18 bits per heavy atom. The van der Waals surface area contributed by atoms with Crippen molar-refractivity contribution in [2.75, 3.05) is 0 Å². The van der Waals surface area contributed by atoms with Crippen molar-refractivity contribution in [3.05, 3.63) is 36.0 Å². The van der Waals surface area contributed by atoms with Crippen molar-refractivity contribution < 1.29 is 9.59 Å². The van der Waals surface area contributed by atoms with E-state index in [-0.39, 0.29) is 16.6 Å². The number of allylic oxidation sites excluding steroid dienone is 5. The van der Waals surface area contributed by atoms with Gasteiger partial charge in [0.25, 0.3) is 0 Å². The van der Waals surface area contributed by atoms with Gasteiger partial charge in [0.2, 0.25) is 0 Å². The number of carbonyl (C=O) groups excluding carboxylic acids is 2. The predicted molar refractivity (Wildman–Crippen MR) is 86.1 cm³/mol. The van der Waals surface area contributed by atoms with E-state index in [1.165, 1.54) is 0 Å². The standard InChI is InChI=1S/C20H24O2/c1-12-10-14-15-4-5-18(22)20(15,3)9-7-16(14)19(2)8-6-13(21)11-17(12)19/h6,8,11,14-16H,1,4-5,7,9-10H2,2-3H3/t14-,15-,16-,19-,20+/m0/s1. The lowest BCUT2D eigenvalue weighted by atomic mass is 9.48. The third-order valence-corrected chi connectivity index (χ3v) is 7.24. The predicted octanol–water partition coefficient (Wildman–Crippen LogP) is 4.03. The first kappa shape index (κ1) is 14.2.